The van der Waals surface area contributed by atoms with E-state index in [0.717, 1.165) is 25.4 Å². The fraction of sp³-hybridized carbons (Fsp3) is 0.500. The second-order valence-electron chi connectivity index (χ2n) is 6.60. The largest absolute Gasteiger partial charge is 0.301 e. The van der Waals surface area contributed by atoms with Crippen molar-refractivity contribution < 1.29 is 0 Å². The van der Waals surface area contributed by atoms with Crippen LogP contribution in [-0.2, 0) is 13.0 Å². The zero-order chi connectivity index (χ0) is 14.8. The molecule has 0 amide bonds. The summed E-state index contributed by atoms with van der Waals surface area (Å²) in [4.78, 5) is 5.19. The van der Waals surface area contributed by atoms with Gasteiger partial charge in [0.05, 0.1) is 6.20 Å². The molecule has 4 heteroatoms. The van der Waals surface area contributed by atoms with E-state index >= 15 is 0 Å². The summed E-state index contributed by atoms with van der Waals surface area (Å²) in [5, 5.41) is 7.27. The molecule has 1 fully saturated rings. The van der Waals surface area contributed by atoms with E-state index < -0.39 is 0 Å². The number of nitrogens with zero attached hydrogens (tertiary/aromatic N) is 3. The van der Waals surface area contributed by atoms with E-state index in [4.69, 9.17) is 0 Å². The summed E-state index contributed by atoms with van der Waals surface area (Å²) in [6.07, 6.45) is 4.40. The minimum Gasteiger partial charge on any atom is -0.301 e. The lowest BCUT2D eigenvalue weighted by molar-refractivity contribution is 0.210. The zero-order valence-corrected chi connectivity index (χ0v) is 13.0. The summed E-state index contributed by atoms with van der Waals surface area (Å²) in [5.41, 5.74) is 4.22. The molecule has 1 atom stereocenters. The van der Waals surface area contributed by atoms with E-state index in [2.05, 4.69) is 50.3 Å². The first kappa shape index (κ1) is 14.0. The molecule has 1 N–H and O–H groups in total. The Morgan fingerprint density at radius 3 is 2.86 bits per heavy atom. The van der Waals surface area contributed by atoms with E-state index in [-0.39, 0.29) is 0 Å². The smallest absolute Gasteiger partial charge is 0.0535 e. The molecule has 3 heterocycles. The molecular formula is C18H24N4. The molecule has 2 aliphatic heterocycles. The number of aromatic nitrogens is 2. The van der Waals surface area contributed by atoms with Gasteiger partial charge in [-0.15, -0.1) is 0 Å². The van der Waals surface area contributed by atoms with Crippen molar-refractivity contribution in [2.75, 3.05) is 32.7 Å². The predicted octanol–water partition coefficient (Wildman–Crippen LogP) is 2.26. The molecule has 0 aliphatic carbocycles. The quantitative estimate of drug-likeness (QED) is 0.940. The minimum atomic E-state index is 0.725. The molecule has 116 valence electrons. The number of rotatable bonds is 4. The van der Waals surface area contributed by atoms with E-state index in [9.17, 15) is 0 Å². The Kier molecular flexibility index (Phi) is 3.95. The first-order chi connectivity index (χ1) is 10.9. The van der Waals surface area contributed by atoms with E-state index in [0.29, 0.717) is 0 Å². The number of hydrogen-bond donors (Lipinski definition) is 1. The van der Waals surface area contributed by atoms with Crippen LogP contribution in [0.2, 0.25) is 0 Å². The van der Waals surface area contributed by atoms with Crippen LogP contribution in [-0.4, -0.2) is 52.7 Å². The van der Waals surface area contributed by atoms with E-state index in [1.807, 2.05) is 6.20 Å². The molecule has 0 spiro atoms. The Hall–Kier alpha value is -1.65. The van der Waals surface area contributed by atoms with Gasteiger partial charge in [-0.3, -0.25) is 10.00 Å². The van der Waals surface area contributed by atoms with Gasteiger partial charge in [-0.05, 0) is 24.4 Å². The average molecular weight is 296 g/mol. The lowest BCUT2D eigenvalue weighted by Gasteiger charge is -2.28. The molecule has 1 saturated heterocycles. The van der Waals surface area contributed by atoms with Crippen LogP contribution in [0.5, 0.6) is 0 Å². The lowest BCUT2D eigenvalue weighted by Crippen LogP contribution is -2.37. The van der Waals surface area contributed by atoms with Gasteiger partial charge >= 0.3 is 0 Å². The molecule has 4 nitrogen and oxygen atoms in total. The third-order valence-corrected chi connectivity index (χ3v) is 5.16. The number of H-pyrrole nitrogens is 1. The highest BCUT2D eigenvalue weighted by Gasteiger charge is 2.24. The van der Waals surface area contributed by atoms with Crippen LogP contribution in [0.3, 0.4) is 0 Å². The summed E-state index contributed by atoms with van der Waals surface area (Å²) >= 11 is 0. The highest BCUT2D eigenvalue weighted by molar-refractivity contribution is 5.21. The van der Waals surface area contributed by atoms with Gasteiger partial charge in [-0.25, -0.2) is 0 Å². The third kappa shape index (κ3) is 2.94. The summed E-state index contributed by atoms with van der Waals surface area (Å²) in [7, 11) is 0. The fourth-order valence-corrected chi connectivity index (χ4v) is 3.79. The third-order valence-electron chi connectivity index (χ3n) is 5.16. The number of fused-ring (bicyclic) bond motifs is 1. The van der Waals surface area contributed by atoms with Crippen molar-refractivity contribution in [3.05, 3.63) is 53.3 Å². The van der Waals surface area contributed by atoms with Gasteiger partial charge in [0.2, 0.25) is 0 Å². The molecule has 1 aromatic heterocycles. The van der Waals surface area contributed by atoms with Crippen LogP contribution in [0, 0.1) is 0 Å². The second kappa shape index (κ2) is 6.23. The lowest BCUT2D eigenvalue weighted by atomic mass is 9.99. The molecule has 0 saturated carbocycles. The first-order valence-corrected chi connectivity index (χ1v) is 8.39. The maximum absolute atomic E-state index is 4.16. The van der Waals surface area contributed by atoms with Gasteiger partial charge in [0.15, 0.2) is 0 Å². The van der Waals surface area contributed by atoms with Gasteiger partial charge in [0.25, 0.3) is 0 Å². The second-order valence-corrected chi connectivity index (χ2v) is 6.60. The molecule has 1 unspecified atom stereocenters. The Labute approximate surface area is 132 Å². The molecule has 1 aromatic carbocycles. The van der Waals surface area contributed by atoms with Crippen molar-refractivity contribution in [3.8, 4) is 0 Å². The van der Waals surface area contributed by atoms with Crippen LogP contribution >= 0.6 is 0 Å². The maximum Gasteiger partial charge on any atom is 0.0535 e. The minimum absolute atomic E-state index is 0.725. The Morgan fingerprint density at radius 1 is 1.09 bits per heavy atom. The van der Waals surface area contributed by atoms with Crippen LogP contribution < -0.4 is 0 Å². The maximum atomic E-state index is 4.16. The van der Waals surface area contributed by atoms with Crippen molar-refractivity contribution in [2.45, 2.75) is 25.3 Å². The fourth-order valence-electron chi connectivity index (χ4n) is 3.79. The van der Waals surface area contributed by atoms with Gasteiger partial charge in [-0.1, -0.05) is 30.3 Å². The Balaban J connectivity index is 1.27. The summed E-state index contributed by atoms with van der Waals surface area (Å²) < 4.78 is 0. The van der Waals surface area contributed by atoms with Crippen molar-refractivity contribution >= 4 is 0 Å². The van der Waals surface area contributed by atoms with Gasteiger partial charge in [-0.2, -0.15) is 5.10 Å². The standard InChI is InChI=1S/C18H24N4/c1-2-4-15(5-3-1)16-6-8-21(13-16)10-11-22-9-7-18-17(14-22)12-19-20-18/h1-5,12,16H,6-11,13-14H2,(H,19,20). The van der Waals surface area contributed by atoms with Crippen LogP contribution in [0.15, 0.2) is 36.5 Å². The molecule has 4 rings (SSSR count). The van der Waals surface area contributed by atoms with Gasteiger partial charge in [0.1, 0.15) is 0 Å². The van der Waals surface area contributed by atoms with Gasteiger partial charge in [0, 0.05) is 50.4 Å². The van der Waals surface area contributed by atoms with Crippen molar-refractivity contribution in [3.63, 3.8) is 0 Å². The van der Waals surface area contributed by atoms with Gasteiger partial charge < -0.3 is 4.90 Å². The van der Waals surface area contributed by atoms with Crippen molar-refractivity contribution in [1.29, 1.82) is 0 Å². The normalized spacial score (nSPS) is 22.8. The first-order valence-electron chi connectivity index (χ1n) is 8.39. The predicted molar refractivity (Wildman–Crippen MR) is 87.8 cm³/mol. The topological polar surface area (TPSA) is 35.2 Å². The average Bonchev–Trinajstić information content (AvgIpc) is 3.22. The Bertz CT molecular complexity index is 607. The number of likely N-dealkylation sites (tertiary alicyclic amines) is 1. The van der Waals surface area contributed by atoms with Crippen molar-refractivity contribution in [2.24, 2.45) is 0 Å². The van der Waals surface area contributed by atoms with Crippen LogP contribution in [0.4, 0.5) is 0 Å². The molecule has 0 bridgehead atoms. The van der Waals surface area contributed by atoms with Crippen LogP contribution in [0.25, 0.3) is 0 Å². The molecule has 22 heavy (non-hydrogen) atoms. The highest BCUT2D eigenvalue weighted by Crippen LogP contribution is 2.26. The summed E-state index contributed by atoms with van der Waals surface area (Å²) in [5.74, 6) is 0.725. The number of aromatic amines is 1. The summed E-state index contributed by atoms with van der Waals surface area (Å²) in [6.45, 7) is 7.04. The summed E-state index contributed by atoms with van der Waals surface area (Å²) in [6, 6.07) is 11.0. The number of benzene rings is 1. The molecule has 0 radical (unpaired) electrons. The van der Waals surface area contributed by atoms with E-state index in [1.54, 1.807) is 0 Å². The Morgan fingerprint density at radius 2 is 1.95 bits per heavy atom. The zero-order valence-electron chi connectivity index (χ0n) is 13.0. The molecular weight excluding hydrogens is 272 g/mol. The van der Waals surface area contributed by atoms with Crippen LogP contribution in [0.1, 0.15) is 29.2 Å². The highest BCUT2D eigenvalue weighted by atomic mass is 15.2. The monoisotopic (exact) mass is 296 g/mol. The van der Waals surface area contributed by atoms with Crippen molar-refractivity contribution in [1.82, 2.24) is 20.0 Å². The molecule has 2 aromatic rings. The number of nitrogens with one attached hydrogen (secondary N) is 1. The molecule has 2 aliphatic rings. The van der Waals surface area contributed by atoms with E-state index in [1.165, 1.54) is 49.4 Å². The number of hydrogen-bond acceptors (Lipinski definition) is 3. The SMILES string of the molecule is c1ccc(C2CCN(CCN3CCc4[nH]ncc4C3)C2)cc1.